The molecule has 0 aliphatic carbocycles. The molecule has 0 unspecified atom stereocenters. The van der Waals surface area contributed by atoms with Gasteiger partial charge in [-0.25, -0.2) is 8.78 Å². The highest BCUT2D eigenvalue weighted by Crippen LogP contribution is 2.23. The highest BCUT2D eigenvalue weighted by Gasteiger charge is 2.37. The molecule has 2 saturated heterocycles. The average Bonchev–Trinajstić information content (AvgIpc) is 2.94. The molecular formula is C15H22F2N4O2. The fourth-order valence-corrected chi connectivity index (χ4v) is 3.08. The molecule has 128 valence electrons. The van der Waals surface area contributed by atoms with E-state index in [1.807, 2.05) is 13.0 Å². The smallest absolute Gasteiger partial charge is 0.253 e. The van der Waals surface area contributed by atoms with Crippen molar-refractivity contribution in [3.8, 4) is 6.07 Å². The molecule has 2 heterocycles. The van der Waals surface area contributed by atoms with Crippen LogP contribution in [0.4, 0.5) is 8.78 Å². The molecule has 2 atom stereocenters. The Bertz CT molecular complexity index is 500. The fraction of sp³-hybridized carbons (Fsp3) is 0.800. The molecular weight excluding hydrogens is 306 g/mol. The van der Waals surface area contributed by atoms with Crippen molar-refractivity contribution in [2.24, 2.45) is 0 Å². The highest BCUT2D eigenvalue weighted by atomic mass is 19.1. The molecule has 2 aliphatic heterocycles. The number of rotatable bonds is 4. The quantitative estimate of drug-likeness (QED) is 0.810. The number of hydrogen-bond acceptors (Lipinski definition) is 4. The van der Waals surface area contributed by atoms with E-state index in [9.17, 15) is 18.4 Å². The van der Waals surface area contributed by atoms with Crippen LogP contribution in [0.3, 0.4) is 0 Å². The van der Waals surface area contributed by atoms with Gasteiger partial charge in [-0.2, -0.15) is 5.26 Å². The third-order valence-electron chi connectivity index (χ3n) is 4.72. The van der Waals surface area contributed by atoms with E-state index >= 15 is 0 Å². The minimum Gasteiger partial charge on any atom is -0.340 e. The Labute approximate surface area is 134 Å². The van der Waals surface area contributed by atoms with Gasteiger partial charge < -0.3 is 15.1 Å². The lowest BCUT2D eigenvalue weighted by Crippen LogP contribution is -2.55. The number of nitrogens with zero attached hydrogens (tertiary/aromatic N) is 3. The summed E-state index contributed by atoms with van der Waals surface area (Å²) < 4.78 is 25.7. The molecule has 1 N–H and O–H groups in total. The molecule has 2 fully saturated rings. The summed E-state index contributed by atoms with van der Waals surface area (Å²) in [5.41, 5.74) is -0.334. The lowest BCUT2D eigenvalue weighted by molar-refractivity contribution is -0.134. The summed E-state index contributed by atoms with van der Waals surface area (Å²) in [5.74, 6) is -0.800. The van der Waals surface area contributed by atoms with Crippen molar-refractivity contribution >= 4 is 11.8 Å². The van der Waals surface area contributed by atoms with Gasteiger partial charge in [-0.05, 0) is 19.8 Å². The number of carbonyl (C=O) groups excluding carboxylic acids is 2. The van der Waals surface area contributed by atoms with Crippen LogP contribution in [-0.4, -0.2) is 72.2 Å². The summed E-state index contributed by atoms with van der Waals surface area (Å²) in [6.45, 7) is 1.83. The van der Waals surface area contributed by atoms with E-state index in [4.69, 9.17) is 5.26 Å². The zero-order chi connectivity index (χ0) is 17.0. The van der Waals surface area contributed by atoms with Gasteiger partial charge in [0, 0.05) is 25.0 Å². The van der Waals surface area contributed by atoms with Gasteiger partial charge in [0.05, 0.1) is 19.2 Å². The molecule has 0 radical (unpaired) electrons. The minimum atomic E-state index is -1.14. The number of likely N-dealkylation sites (tertiary alicyclic amines) is 2. The van der Waals surface area contributed by atoms with Gasteiger partial charge in [0.25, 0.3) is 5.91 Å². The second-order valence-corrected chi connectivity index (χ2v) is 6.45. The second-order valence-electron chi connectivity index (χ2n) is 6.45. The Morgan fingerprint density at radius 3 is 2.57 bits per heavy atom. The first kappa shape index (κ1) is 17.6. The summed E-state index contributed by atoms with van der Waals surface area (Å²) >= 11 is 0. The van der Waals surface area contributed by atoms with Crippen molar-refractivity contribution in [1.82, 2.24) is 15.1 Å². The number of nitrogens with one attached hydrogen (secondary N) is 1. The number of amides is 2. The number of halogens is 2. The van der Waals surface area contributed by atoms with E-state index in [0.717, 1.165) is 0 Å². The molecule has 8 heteroatoms. The third kappa shape index (κ3) is 4.16. The largest absolute Gasteiger partial charge is 0.340 e. The lowest BCUT2D eigenvalue weighted by Gasteiger charge is -2.40. The van der Waals surface area contributed by atoms with Crippen LogP contribution in [0, 0.1) is 11.3 Å². The van der Waals surface area contributed by atoms with E-state index in [2.05, 4.69) is 5.32 Å². The standard InChI is InChI=1S/C15H22F2N4O2/c1-15(2-4-20(5-3-15)13(22)7-16)19-9-14(23)21-10-11(17)6-12(21)8-18/h11-12,19H,2-7,9-10H2,1H3/t11-,12-/m0/s1. The van der Waals surface area contributed by atoms with Gasteiger partial charge in [0.1, 0.15) is 12.2 Å². The van der Waals surface area contributed by atoms with Gasteiger partial charge in [0.15, 0.2) is 6.67 Å². The van der Waals surface area contributed by atoms with Gasteiger partial charge in [-0.1, -0.05) is 0 Å². The summed E-state index contributed by atoms with van der Waals surface area (Å²) in [6.07, 6.45) is 0.146. The van der Waals surface area contributed by atoms with Crippen LogP contribution in [-0.2, 0) is 9.59 Å². The van der Waals surface area contributed by atoms with E-state index in [0.29, 0.717) is 25.9 Å². The van der Waals surface area contributed by atoms with Crippen LogP contribution in [0.15, 0.2) is 0 Å². The van der Waals surface area contributed by atoms with Crippen molar-refractivity contribution in [3.05, 3.63) is 0 Å². The van der Waals surface area contributed by atoms with Crippen LogP contribution < -0.4 is 5.32 Å². The summed E-state index contributed by atoms with van der Waals surface area (Å²) in [7, 11) is 0. The Balaban J connectivity index is 1.83. The molecule has 6 nitrogen and oxygen atoms in total. The van der Waals surface area contributed by atoms with Crippen molar-refractivity contribution in [3.63, 3.8) is 0 Å². The first-order chi connectivity index (χ1) is 10.9. The van der Waals surface area contributed by atoms with Crippen molar-refractivity contribution in [1.29, 1.82) is 5.26 Å². The predicted octanol–water partition coefficient (Wildman–Crippen LogP) is 0.389. The zero-order valence-electron chi connectivity index (χ0n) is 13.2. The lowest BCUT2D eigenvalue weighted by atomic mass is 9.89. The minimum absolute atomic E-state index is 0.0262. The normalized spacial score (nSPS) is 26.9. The summed E-state index contributed by atoms with van der Waals surface area (Å²) in [6, 6.07) is 1.26. The number of alkyl halides is 2. The van der Waals surface area contributed by atoms with Crippen LogP contribution in [0.1, 0.15) is 26.2 Å². The number of hydrogen-bond donors (Lipinski definition) is 1. The van der Waals surface area contributed by atoms with Gasteiger partial charge >= 0.3 is 0 Å². The summed E-state index contributed by atoms with van der Waals surface area (Å²) in [5, 5.41) is 12.1. The molecule has 0 aromatic carbocycles. The van der Waals surface area contributed by atoms with E-state index in [1.165, 1.54) is 9.80 Å². The van der Waals surface area contributed by atoms with Crippen molar-refractivity contribution < 1.29 is 18.4 Å². The molecule has 0 aromatic rings. The molecule has 0 saturated carbocycles. The highest BCUT2D eigenvalue weighted by molar-refractivity contribution is 5.79. The number of nitriles is 1. The van der Waals surface area contributed by atoms with E-state index < -0.39 is 24.8 Å². The molecule has 0 aromatic heterocycles. The van der Waals surface area contributed by atoms with Crippen molar-refractivity contribution in [2.75, 3.05) is 32.9 Å². The van der Waals surface area contributed by atoms with E-state index in [-0.39, 0.29) is 31.0 Å². The Morgan fingerprint density at radius 1 is 1.35 bits per heavy atom. The molecule has 2 aliphatic rings. The Morgan fingerprint density at radius 2 is 2.00 bits per heavy atom. The Hall–Kier alpha value is -1.75. The second kappa shape index (κ2) is 7.21. The molecule has 23 heavy (non-hydrogen) atoms. The topological polar surface area (TPSA) is 76.4 Å². The van der Waals surface area contributed by atoms with E-state index in [1.54, 1.807) is 0 Å². The first-order valence-corrected chi connectivity index (χ1v) is 7.80. The summed E-state index contributed by atoms with van der Waals surface area (Å²) in [4.78, 5) is 26.3. The van der Waals surface area contributed by atoms with Gasteiger partial charge in [-0.15, -0.1) is 0 Å². The SMILES string of the molecule is CC1(NCC(=O)N2C[C@@H](F)C[C@H]2C#N)CCN(C(=O)CF)CC1. The number of carbonyl (C=O) groups is 2. The van der Waals surface area contributed by atoms with Crippen LogP contribution >= 0.6 is 0 Å². The zero-order valence-corrected chi connectivity index (χ0v) is 13.2. The first-order valence-electron chi connectivity index (χ1n) is 7.80. The molecule has 0 bridgehead atoms. The average molecular weight is 328 g/mol. The monoisotopic (exact) mass is 328 g/mol. The predicted molar refractivity (Wildman–Crippen MR) is 78.8 cm³/mol. The maximum Gasteiger partial charge on any atom is 0.253 e. The van der Waals surface area contributed by atoms with Gasteiger partial charge in [0.2, 0.25) is 5.91 Å². The maximum atomic E-state index is 13.4. The third-order valence-corrected chi connectivity index (χ3v) is 4.72. The van der Waals surface area contributed by atoms with Crippen LogP contribution in [0.2, 0.25) is 0 Å². The van der Waals surface area contributed by atoms with Crippen LogP contribution in [0.5, 0.6) is 0 Å². The maximum absolute atomic E-state index is 13.4. The molecule has 0 spiro atoms. The molecule has 2 amide bonds. The Kier molecular flexibility index (Phi) is 5.52. The molecule has 2 rings (SSSR count). The fourth-order valence-electron chi connectivity index (χ4n) is 3.08. The van der Waals surface area contributed by atoms with Crippen molar-refractivity contribution in [2.45, 2.75) is 43.9 Å². The van der Waals surface area contributed by atoms with Gasteiger partial charge in [-0.3, -0.25) is 9.59 Å². The number of piperidine rings is 1. The van der Waals surface area contributed by atoms with Crippen LogP contribution in [0.25, 0.3) is 0 Å².